The summed E-state index contributed by atoms with van der Waals surface area (Å²) in [6, 6.07) is 26.2. The van der Waals surface area contributed by atoms with Gasteiger partial charge >= 0.3 is 0 Å². The van der Waals surface area contributed by atoms with Crippen LogP contribution >= 0.6 is 0 Å². The number of allylic oxidation sites excluding steroid dienone is 4. The SMILES string of the molecule is C/C=C\C=C(/C)c1cccc2ccc(-c3ccc(-c4ccc(C)cc4)[nH]3)cc12. The van der Waals surface area contributed by atoms with E-state index in [0.717, 1.165) is 11.4 Å². The molecule has 4 rings (SSSR count). The van der Waals surface area contributed by atoms with Crippen LogP contribution in [0.4, 0.5) is 0 Å². The first-order valence-corrected chi connectivity index (χ1v) is 9.75. The molecule has 0 fully saturated rings. The number of benzene rings is 3. The highest BCUT2D eigenvalue weighted by Crippen LogP contribution is 2.31. The highest BCUT2D eigenvalue weighted by Gasteiger charge is 2.08. The summed E-state index contributed by atoms with van der Waals surface area (Å²) in [6.45, 7) is 6.33. The highest BCUT2D eigenvalue weighted by molar-refractivity contribution is 5.96. The molecule has 0 atom stereocenters. The Balaban J connectivity index is 1.77. The predicted molar refractivity (Wildman–Crippen MR) is 122 cm³/mol. The molecule has 1 heteroatoms. The van der Waals surface area contributed by atoms with Gasteiger partial charge in [0.2, 0.25) is 0 Å². The third-order valence-electron chi connectivity index (χ3n) is 5.21. The molecule has 0 amide bonds. The second-order valence-electron chi connectivity index (χ2n) is 7.27. The quantitative estimate of drug-likeness (QED) is 0.356. The number of rotatable bonds is 4. The van der Waals surface area contributed by atoms with E-state index in [2.05, 4.69) is 110 Å². The molecular weight excluding hydrogens is 338 g/mol. The molecule has 28 heavy (non-hydrogen) atoms. The molecule has 0 bridgehead atoms. The molecule has 1 aromatic heterocycles. The zero-order chi connectivity index (χ0) is 19.5. The lowest BCUT2D eigenvalue weighted by Gasteiger charge is -2.09. The average Bonchev–Trinajstić information content (AvgIpc) is 3.22. The van der Waals surface area contributed by atoms with Gasteiger partial charge in [-0.05, 0) is 72.0 Å². The maximum atomic E-state index is 3.59. The molecule has 0 saturated carbocycles. The number of hydrogen-bond acceptors (Lipinski definition) is 0. The van der Waals surface area contributed by atoms with Gasteiger partial charge in [-0.1, -0.05) is 78.4 Å². The lowest BCUT2D eigenvalue weighted by atomic mass is 9.96. The van der Waals surface area contributed by atoms with E-state index in [1.54, 1.807) is 0 Å². The van der Waals surface area contributed by atoms with Crippen LogP contribution in [-0.4, -0.2) is 4.98 Å². The van der Waals surface area contributed by atoms with Crippen molar-refractivity contribution in [3.8, 4) is 22.5 Å². The molecule has 0 saturated heterocycles. The van der Waals surface area contributed by atoms with Gasteiger partial charge in [0.1, 0.15) is 0 Å². The van der Waals surface area contributed by atoms with E-state index in [1.807, 2.05) is 6.92 Å². The second-order valence-corrected chi connectivity index (χ2v) is 7.27. The number of fused-ring (bicyclic) bond motifs is 1. The van der Waals surface area contributed by atoms with E-state index < -0.39 is 0 Å². The Morgan fingerprint density at radius 1 is 0.821 bits per heavy atom. The summed E-state index contributed by atoms with van der Waals surface area (Å²) >= 11 is 0. The lowest BCUT2D eigenvalue weighted by Crippen LogP contribution is -1.86. The van der Waals surface area contributed by atoms with Crippen LogP contribution in [0.15, 0.2) is 91.0 Å². The molecule has 3 aromatic carbocycles. The molecule has 1 N–H and O–H groups in total. The monoisotopic (exact) mass is 363 g/mol. The van der Waals surface area contributed by atoms with Gasteiger partial charge in [0.15, 0.2) is 0 Å². The van der Waals surface area contributed by atoms with E-state index >= 15 is 0 Å². The van der Waals surface area contributed by atoms with Gasteiger partial charge in [-0.2, -0.15) is 0 Å². The summed E-state index contributed by atoms with van der Waals surface area (Å²) < 4.78 is 0. The molecule has 138 valence electrons. The summed E-state index contributed by atoms with van der Waals surface area (Å²) in [5.74, 6) is 0. The Labute approximate surface area is 167 Å². The second kappa shape index (κ2) is 7.74. The number of aromatic amines is 1. The van der Waals surface area contributed by atoms with Gasteiger partial charge in [-0.25, -0.2) is 0 Å². The standard InChI is InChI=1S/C27H25N/c1-4-5-7-20(3)24-9-6-8-21-14-15-23(18-25(21)24)27-17-16-26(28-27)22-12-10-19(2)11-13-22/h4-18,28H,1-3H3/b5-4-,20-7+. The highest BCUT2D eigenvalue weighted by atomic mass is 14.7. The molecule has 1 heterocycles. The first-order chi connectivity index (χ1) is 13.7. The topological polar surface area (TPSA) is 15.8 Å². The smallest absolute Gasteiger partial charge is 0.0458 e. The molecule has 0 radical (unpaired) electrons. The number of H-pyrrole nitrogens is 1. The van der Waals surface area contributed by atoms with Gasteiger partial charge in [-0.15, -0.1) is 0 Å². The molecule has 4 aromatic rings. The van der Waals surface area contributed by atoms with Gasteiger partial charge in [-0.3, -0.25) is 0 Å². The van der Waals surface area contributed by atoms with Crippen molar-refractivity contribution >= 4 is 16.3 Å². The van der Waals surface area contributed by atoms with E-state index in [0.29, 0.717) is 0 Å². The Morgan fingerprint density at radius 2 is 1.54 bits per heavy atom. The van der Waals surface area contributed by atoms with Crippen LogP contribution in [-0.2, 0) is 0 Å². The van der Waals surface area contributed by atoms with Crippen molar-refractivity contribution in [3.05, 3.63) is 102 Å². The zero-order valence-electron chi connectivity index (χ0n) is 16.7. The fourth-order valence-electron chi connectivity index (χ4n) is 3.58. The summed E-state index contributed by atoms with van der Waals surface area (Å²) in [7, 11) is 0. The third-order valence-corrected chi connectivity index (χ3v) is 5.21. The molecule has 0 spiro atoms. The first kappa shape index (κ1) is 18.1. The van der Waals surface area contributed by atoms with Gasteiger partial charge in [0.25, 0.3) is 0 Å². The van der Waals surface area contributed by atoms with Crippen LogP contribution in [0.5, 0.6) is 0 Å². The summed E-state index contributed by atoms with van der Waals surface area (Å²) in [5, 5.41) is 2.55. The van der Waals surface area contributed by atoms with E-state index in [-0.39, 0.29) is 0 Å². The zero-order valence-corrected chi connectivity index (χ0v) is 16.7. The van der Waals surface area contributed by atoms with Crippen molar-refractivity contribution in [1.82, 2.24) is 4.98 Å². The first-order valence-electron chi connectivity index (χ1n) is 9.75. The van der Waals surface area contributed by atoms with Crippen molar-refractivity contribution in [2.75, 3.05) is 0 Å². The lowest BCUT2D eigenvalue weighted by molar-refractivity contribution is 1.38. The van der Waals surface area contributed by atoms with Crippen molar-refractivity contribution in [1.29, 1.82) is 0 Å². The maximum Gasteiger partial charge on any atom is 0.0458 e. The molecule has 1 nitrogen and oxygen atoms in total. The van der Waals surface area contributed by atoms with Crippen LogP contribution in [0.1, 0.15) is 25.0 Å². The van der Waals surface area contributed by atoms with Crippen molar-refractivity contribution < 1.29 is 0 Å². The van der Waals surface area contributed by atoms with Crippen LogP contribution in [0.2, 0.25) is 0 Å². The third kappa shape index (κ3) is 3.57. The Morgan fingerprint density at radius 3 is 2.29 bits per heavy atom. The molecule has 0 aliphatic heterocycles. The van der Waals surface area contributed by atoms with Crippen LogP contribution in [0.25, 0.3) is 38.9 Å². The Bertz CT molecular complexity index is 1170. The average molecular weight is 364 g/mol. The van der Waals surface area contributed by atoms with Crippen molar-refractivity contribution in [2.45, 2.75) is 20.8 Å². The van der Waals surface area contributed by atoms with Crippen LogP contribution in [0, 0.1) is 6.92 Å². The van der Waals surface area contributed by atoms with Crippen molar-refractivity contribution in [3.63, 3.8) is 0 Å². The predicted octanol–water partition coefficient (Wildman–Crippen LogP) is 7.79. The van der Waals surface area contributed by atoms with Crippen LogP contribution in [0.3, 0.4) is 0 Å². The minimum Gasteiger partial charge on any atom is -0.355 e. The minimum atomic E-state index is 1.14. The van der Waals surface area contributed by atoms with E-state index in [4.69, 9.17) is 0 Å². The number of aryl methyl sites for hydroxylation is 1. The normalized spacial score (nSPS) is 12.2. The molecule has 0 unspecified atom stereocenters. The fraction of sp³-hybridized carbons (Fsp3) is 0.111. The summed E-state index contributed by atoms with van der Waals surface area (Å²) in [6.07, 6.45) is 6.33. The molecule has 0 aliphatic carbocycles. The Hall–Kier alpha value is -3.32. The molecular formula is C27H25N. The Kier molecular flexibility index (Phi) is 4.99. The van der Waals surface area contributed by atoms with Crippen LogP contribution < -0.4 is 0 Å². The van der Waals surface area contributed by atoms with Crippen molar-refractivity contribution in [2.24, 2.45) is 0 Å². The van der Waals surface area contributed by atoms with Gasteiger partial charge in [0.05, 0.1) is 0 Å². The largest absolute Gasteiger partial charge is 0.355 e. The number of nitrogens with one attached hydrogen (secondary N) is 1. The minimum absolute atomic E-state index is 1.14. The van der Waals surface area contributed by atoms with E-state index in [9.17, 15) is 0 Å². The van der Waals surface area contributed by atoms with Gasteiger partial charge in [0, 0.05) is 11.4 Å². The fourth-order valence-corrected chi connectivity index (χ4v) is 3.58. The summed E-state index contributed by atoms with van der Waals surface area (Å²) in [5.41, 5.74) is 8.53. The number of hydrogen-bond donors (Lipinski definition) is 1. The summed E-state index contributed by atoms with van der Waals surface area (Å²) in [4.78, 5) is 3.59. The van der Waals surface area contributed by atoms with E-state index in [1.165, 1.54) is 38.6 Å². The van der Waals surface area contributed by atoms with Gasteiger partial charge < -0.3 is 4.98 Å². The maximum absolute atomic E-state index is 3.59. The number of aromatic nitrogens is 1. The molecule has 0 aliphatic rings.